The van der Waals surface area contributed by atoms with Crippen LogP contribution in [0.3, 0.4) is 0 Å². The Morgan fingerprint density at radius 1 is 1.28 bits per heavy atom. The highest BCUT2D eigenvalue weighted by Crippen LogP contribution is 2.34. The lowest BCUT2D eigenvalue weighted by Crippen LogP contribution is -2.41. The number of ether oxygens (including phenoxy) is 1. The highest BCUT2D eigenvalue weighted by Gasteiger charge is 2.31. The summed E-state index contributed by atoms with van der Waals surface area (Å²) in [6.45, 7) is 2.27. The maximum atomic E-state index is 11.5. The number of pyridine rings is 1. The third-order valence-electron chi connectivity index (χ3n) is 6.60. The van der Waals surface area contributed by atoms with Gasteiger partial charge in [0.2, 0.25) is 0 Å². The molecule has 3 heterocycles. The summed E-state index contributed by atoms with van der Waals surface area (Å²) in [5, 5.41) is 23.4. The first-order chi connectivity index (χ1) is 16.5. The van der Waals surface area contributed by atoms with Gasteiger partial charge in [-0.15, -0.1) is 36.2 Å². The quantitative estimate of drug-likeness (QED) is 0.364. The van der Waals surface area contributed by atoms with Crippen molar-refractivity contribution >= 4 is 53.0 Å². The fraction of sp³-hybridized carbons (Fsp3) is 0.407. The fourth-order valence-electron chi connectivity index (χ4n) is 4.81. The zero-order valence-corrected chi connectivity index (χ0v) is 22.6. The molecule has 1 saturated heterocycles. The number of methoxy groups -OCH3 is 1. The maximum Gasteiger partial charge on any atom is 0.303 e. The van der Waals surface area contributed by atoms with Gasteiger partial charge in [-0.1, -0.05) is 17.9 Å². The van der Waals surface area contributed by atoms with Gasteiger partial charge in [0, 0.05) is 24.5 Å². The van der Waals surface area contributed by atoms with Gasteiger partial charge in [0.1, 0.15) is 5.75 Å². The number of carbonyl (C=O) groups is 1. The number of aromatic nitrogens is 1. The van der Waals surface area contributed by atoms with Gasteiger partial charge in [-0.2, -0.15) is 0 Å². The van der Waals surface area contributed by atoms with Crippen LogP contribution in [0.4, 0.5) is 0 Å². The van der Waals surface area contributed by atoms with Gasteiger partial charge in [0.25, 0.3) is 0 Å². The smallest absolute Gasteiger partial charge is 0.303 e. The van der Waals surface area contributed by atoms with E-state index in [1.807, 2.05) is 41.8 Å². The van der Waals surface area contributed by atoms with Crippen LogP contribution in [0.25, 0.3) is 10.9 Å². The summed E-state index contributed by atoms with van der Waals surface area (Å²) in [5.74, 6) is 6.68. The number of aliphatic carboxylic acids is 1. The van der Waals surface area contributed by atoms with Gasteiger partial charge in [0.15, 0.2) is 0 Å². The van der Waals surface area contributed by atoms with Crippen molar-refractivity contribution < 1.29 is 19.7 Å². The zero-order valence-electron chi connectivity index (χ0n) is 20.1. The summed E-state index contributed by atoms with van der Waals surface area (Å²) < 4.78 is 5.34. The molecule has 3 atom stereocenters. The Hall–Kier alpha value is -2.34. The summed E-state index contributed by atoms with van der Waals surface area (Å²) in [7, 11) is 1.62. The number of likely N-dealkylation sites (tertiary alicyclic amines) is 1. The average molecular weight is 552 g/mol. The summed E-state index contributed by atoms with van der Waals surface area (Å²) in [6.07, 6.45) is 3.49. The largest absolute Gasteiger partial charge is 0.497 e. The lowest BCUT2D eigenvalue weighted by Gasteiger charge is -2.37. The highest BCUT2D eigenvalue weighted by atomic mass is 35.5. The van der Waals surface area contributed by atoms with Crippen LogP contribution >= 0.6 is 36.2 Å². The first-order valence-corrected chi connectivity index (χ1v) is 12.5. The van der Waals surface area contributed by atoms with E-state index in [9.17, 15) is 15.0 Å². The zero-order chi connectivity index (χ0) is 23.9. The molecular weight excluding hydrogens is 519 g/mol. The van der Waals surface area contributed by atoms with E-state index in [4.69, 9.17) is 4.74 Å². The Kier molecular flexibility index (Phi) is 12.0. The van der Waals surface area contributed by atoms with Gasteiger partial charge in [0.05, 0.1) is 30.2 Å². The molecule has 36 heavy (non-hydrogen) atoms. The van der Waals surface area contributed by atoms with E-state index < -0.39 is 12.1 Å². The molecule has 4 rings (SSSR count). The van der Waals surface area contributed by atoms with Crippen LogP contribution in [0.15, 0.2) is 48.0 Å². The Bertz CT molecular complexity index is 1180. The number of fused-ring (bicyclic) bond motifs is 1. The molecule has 1 aliphatic rings. The third-order valence-corrected chi connectivity index (χ3v) is 7.39. The topological polar surface area (TPSA) is 82.9 Å². The van der Waals surface area contributed by atoms with Crippen LogP contribution in [0.1, 0.15) is 42.2 Å². The number of halogens is 2. The molecule has 1 aliphatic heterocycles. The number of carboxylic acids is 1. The van der Waals surface area contributed by atoms with Crippen molar-refractivity contribution in [1.82, 2.24) is 9.88 Å². The molecule has 0 spiro atoms. The molecule has 0 bridgehead atoms. The second-order valence-corrected chi connectivity index (χ2v) is 9.74. The van der Waals surface area contributed by atoms with E-state index >= 15 is 0 Å². The number of aliphatic hydroxyl groups is 1. The van der Waals surface area contributed by atoms with Crippen LogP contribution in [0.5, 0.6) is 5.75 Å². The van der Waals surface area contributed by atoms with Gasteiger partial charge in [-0.3, -0.25) is 14.7 Å². The fourth-order valence-corrected chi connectivity index (χ4v) is 5.41. The van der Waals surface area contributed by atoms with Crippen LogP contribution in [-0.2, 0) is 4.79 Å². The predicted octanol–water partition coefficient (Wildman–Crippen LogP) is 5.43. The minimum Gasteiger partial charge on any atom is -0.497 e. The SMILES string of the molecule is COc1ccc2nccc(C(O)CC[C@@H]3CCN(CC#Cc4cccs4)C[C@@H]3CC(=O)O)c2c1.Cl.Cl. The van der Waals surface area contributed by atoms with Crippen molar-refractivity contribution in [2.24, 2.45) is 11.8 Å². The van der Waals surface area contributed by atoms with Gasteiger partial charge in [-0.05, 0) is 78.9 Å². The molecule has 0 aliphatic carbocycles. The molecule has 0 amide bonds. The Labute approximate surface area is 228 Å². The molecular formula is C27H32Cl2N2O4S. The van der Waals surface area contributed by atoms with Gasteiger partial charge < -0.3 is 14.9 Å². The van der Waals surface area contributed by atoms with E-state index in [1.54, 1.807) is 24.6 Å². The van der Waals surface area contributed by atoms with Crippen LogP contribution < -0.4 is 4.74 Å². The van der Waals surface area contributed by atoms with Crippen molar-refractivity contribution in [3.63, 3.8) is 0 Å². The minimum atomic E-state index is -0.769. The van der Waals surface area contributed by atoms with Crippen molar-refractivity contribution in [2.45, 2.75) is 31.8 Å². The Morgan fingerprint density at radius 2 is 2.11 bits per heavy atom. The van der Waals surface area contributed by atoms with Crippen molar-refractivity contribution in [3.05, 3.63) is 58.4 Å². The molecule has 0 saturated carbocycles. The molecule has 2 N–H and O–H groups in total. The van der Waals surface area contributed by atoms with Crippen molar-refractivity contribution in [1.29, 1.82) is 0 Å². The summed E-state index contributed by atoms with van der Waals surface area (Å²) in [6, 6.07) is 11.5. The normalized spacial score (nSPS) is 18.3. The molecule has 6 nitrogen and oxygen atoms in total. The van der Waals surface area contributed by atoms with Crippen molar-refractivity contribution in [2.75, 3.05) is 26.7 Å². The minimum absolute atomic E-state index is 0. The molecule has 9 heteroatoms. The molecule has 1 unspecified atom stereocenters. The van der Waals surface area contributed by atoms with Crippen molar-refractivity contribution in [3.8, 4) is 17.6 Å². The number of hydrogen-bond donors (Lipinski definition) is 2. The van der Waals surface area contributed by atoms with E-state index in [-0.39, 0.29) is 43.1 Å². The number of carboxylic acid groups (broad SMARTS) is 1. The van der Waals surface area contributed by atoms with Gasteiger partial charge in [-0.25, -0.2) is 0 Å². The molecule has 0 radical (unpaired) electrons. The van der Waals surface area contributed by atoms with E-state index in [1.165, 1.54) is 0 Å². The highest BCUT2D eigenvalue weighted by molar-refractivity contribution is 7.10. The molecule has 2 aromatic heterocycles. The molecule has 3 aromatic rings. The number of piperidine rings is 1. The second kappa shape index (κ2) is 14.4. The van der Waals surface area contributed by atoms with Crippen LogP contribution in [0, 0.1) is 23.7 Å². The van der Waals surface area contributed by atoms with E-state index in [2.05, 4.69) is 21.7 Å². The van der Waals surface area contributed by atoms with Gasteiger partial charge >= 0.3 is 5.97 Å². The standard InChI is InChI=1S/C27H30N2O4S.2ClH/c1-33-21-7-8-25-24(17-21)23(10-12-28-25)26(30)9-6-19-11-14-29(18-20(19)16-27(31)32)13-2-4-22-5-3-15-34-22;;/h3,5,7-8,10,12,15,17,19-20,26,30H,6,9,11,13-14,16,18H2,1H3,(H,31,32);2*1H/t19-,20+,26?;;/m1../s1. The molecule has 194 valence electrons. The monoisotopic (exact) mass is 550 g/mol. The number of thiophene rings is 1. The number of benzene rings is 1. The number of aliphatic hydroxyl groups excluding tert-OH is 1. The first kappa shape index (κ1) is 29.9. The number of hydrogen-bond acceptors (Lipinski definition) is 6. The second-order valence-electron chi connectivity index (χ2n) is 8.80. The first-order valence-electron chi connectivity index (χ1n) is 11.6. The lowest BCUT2D eigenvalue weighted by atomic mass is 9.79. The molecule has 1 aromatic carbocycles. The Morgan fingerprint density at radius 3 is 2.83 bits per heavy atom. The maximum absolute atomic E-state index is 11.5. The van der Waals surface area contributed by atoms with Crippen LogP contribution in [-0.4, -0.2) is 52.8 Å². The predicted molar refractivity (Wildman–Crippen MR) is 148 cm³/mol. The van der Waals surface area contributed by atoms with Crippen LogP contribution in [0.2, 0.25) is 0 Å². The van der Waals surface area contributed by atoms with E-state index in [0.29, 0.717) is 13.0 Å². The molecule has 1 fully saturated rings. The number of nitrogens with zero attached hydrogens (tertiary/aromatic N) is 2. The van der Waals surface area contributed by atoms with E-state index in [0.717, 1.165) is 53.0 Å². The Balaban J connectivity index is 0.00000228. The number of rotatable bonds is 8. The third kappa shape index (κ3) is 7.83. The summed E-state index contributed by atoms with van der Waals surface area (Å²) in [5.41, 5.74) is 1.65. The summed E-state index contributed by atoms with van der Waals surface area (Å²) in [4.78, 5) is 19.2. The summed E-state index contributed by atoms with van der Waals surface area (Å²) >= 11 is 1.62. The lowest BCUT2D eigenvalue weighted by molar-refractivity contribution is -0.139. The average Bonchev–Trinajstić information content (AvgIpc) is 3.36.